The monoisotopic (exact) mass is 278 g/mol. The lowest BCUT2D eigenvalue weighted by Crippen LogP contribution is -2.40. The topological polar surface area (TPSA) is 73.1 Å². The van der Waals surface area contributed by atoms with Crippen molar-refractivity contribution >= 4 is 11.6 Å². The number of ether oxygens (including phenoxy) is 1. The average Bonchev–Trinajstić information content (AvgIpc) is 2.25. The van der Waals surface area contributed by atoms with E-state index in [1.807, 2.05) is 0 Å². The number of hydrogen-bond acceptors (Lipinski definition) is 5. The number of nitrogen functional groups attached to an aromatic ring is 1. The summed E-state index contributed by atoms with van der Waals surface area (Å²) in [6, 6.07) is 2.17. The van der Waals surface area contributed by atoms with Crippen molar-refractivity contribution in [3.8, 4) is 0 Å². The van der Waals surface area contributed by atoms with E-state index in [1.54, 1.807) is 6.07 Å². The predicted octanol–water partition coefficient (Wildman–Crippen LogP) is 2.73. The maximum atomic E-state index is 5.90. The summed E-state index contributed by atoms with van der Waals surface area (Å²) < 4.78 is 5.74. The van der Waals surface area contributed by atoms with Gasteiger partial charge in [0, 0.05) is 24.1 Å². The largest absolute Gasteiger partial charge is 0.384 e. The number of aromatic nitrogens is 2. The minimum absolute atomic E-state index is 0.0820. The van der Waals surface area contributed by atoms with Crippen LogP contribution in [0.15, 0.2) is 6.07 Å². The van der Waals surface area contributed by atoms with Gasteiger partial charge in [-0.1, -0.05) is 20.8 Å². The fourth-order valence-electron chi connectivity index (χ4n) is 2.44. The smallest absolute Gasteiger partial charge is 0.138 e. The van der Waals surface area contributed by atoms with Crippen LogP contribution in [0, 0.1) is 0 Å². The van der Waals surface area contributed by atoms with Gasteiger partial charge in [0.2, 0.25) is 0 Å². The van der Waals surface area contributed by atoms with E-state index in [2.05, 4.69) is 49.9 Å². The van der Waals surface area contributed by atoms with Gasteiger partial charge in [-0.05, 0) is 26.7 Å². The lowest BCUT2D eigenvalue weighted by molar-refractivity contribution is -0.0553. The van der Waals surface area contributed by atoms with Crippen LogP contribution < -0.4 is 11.1 Å². The molecule has 0 radical (unpaired) electrons. The van der Waals surface area contributed by atoms with Gasteiger partial charge in [-0.15, -0.1) is 0 Å². The van der Waals surface area contributed by atoms with E-state index in [0.29, 0.717) is 11.9 Å². The Hall–Kier alpha value is -1.36. The van der Waals surface area contributed by atoms with Crippen molar-refractivity contribution in [2.24, 2.45) is 0 Å². The van der Waals surface area contributed by atoms with Crippen molar-refractivity contribution in [1.82, 2.24) is 9.97 Å². The number of nitrogens with one attached hydrogen (secondary N) is 1. The summed E-state index contributed by atoms with van der Waals surface area (Å²) >= 11 is 0. The molecule has 1 atom stereocenters. The molecule has 1 fully saturated rings. The quantitative estimate of drug-likeness (QED) is 0.870. The maximum Gasteiger partial charge on any atom is 0.138 e. The van der Waals surface area contributed by atoms with Gasteiger partial charge in [0.15, 0.2) is 0 Å². The second-order valence-corrected chi connectivity index (χ2v) is 7.19. The summed E-state index contributed by atoms with van der Waals surface area (Å²) in [4.78, 5) is 8.93. The van der Waals surface area contributed by atoms with Gasteiger partial charge in [0.1, 0.15) is 17.5 Å². The second-order valence-electron chi connectivity index (χ2n) is 7.19. The Balaban J connectivity index is 2.15. The van der Waals surface area contributed by atoms with Gasteiger partial charge < -0.3 is 15.8 Å². The zero-order valence-electron chi connectivity index (χ0n) is 13.2. The molecule has 1 aliphatic heterocycles. The highest BCUT2D eigenvalue weighted by atomic mass is 16.5. The molecule has 1 aromatic heterocycles. The molecule has 3 N–H and O–H groups in total. The van der Waals surface area contributed by atoms with Crippen LogP contribution in [0.3, 0.4) is 0 Å². The lowest BCUT2D eigenvalue weighted by atomic mass is 9.94. The molecule has 0 amide bonds. The fourth-order valence-corrected chi connectivity index (χ4v) is 2.44. The summed E-state index contributed by atoms with van der Waals surface area (Å²) in [5.41, 5.74) is 5.71. The minimum atomic E-state index is -0.110. The number of hydrogen-bond donors (Lipinski definition) is 2. The Labute approximate surface area is 121 Å². The Morgan fingerprint density at radius 1 is 1.35 bits per heavy atom. The van der Waals surface area contributed by atoms with Crippen molar-refractivity contribution in [2.45, 2.75) is 64.5 Å². The molecule has 0 spiro atoms. The summed E-state index contributed by atoms with van der Waals surface area (Å²) in [5, 5.41) is 3.48. The molecule has 5 heteroatoms. The third-order valence-corrected chi connectivity index (χ3v) is 3.47. The van der Waals surface area contributed by atoms with Crippen LogP contribution in [-0.4, -0.2) is 28.2 Å². The first kappa shape index (κ1) is 15.0. The third kappa shape index (κ3) is 3.82. The maximum absolute atomic E-state index is 5.90. The highest BCUT2D eigenvalue weighted by Crippen LogP contribution is 2.27. The second kappa shape index (κ2) is 5.20. The fraction of sp³-hybridized carbons (Fsp3) is 0.733. The van der Waals surface area contributed by atoms with Crippen LogP contribution in [0.2, 0.25) is 0 Å². The number of nitrogens with zero attached hydrogens (tertiary/aromatic N) is 2. The van der Waals surface area contributed by atoms with Crippen LogP contribution in [0.4, 0.5) is 11.6 Å². The first-order valence-electron chi connectivity index (χ1n) is 7.21. The normalized spacial score (nSPS) is 22.6. The van der Waals surface area contributed by atoms with Gasteiger partial charge in [0.25, 0.3) is 0 Å². The lowest BCUT2D eigenvalue weighted by Gasteiger charge is -2.36. The molecule has 1 saturated heterocycles. The molecule has 5 nitrogen and oxygen atoms in total. The molecule has 0 aliphatic carbocycles. The van der Waals surface area contributed by atoms with Crippen molar-refractivity contribution in [3.05, 3.63) is 11.9 Å². The molecule has 20 heavy (non-hydrogen) atoms. The summed E-state index contributed by atoms with van der Waals surface area (Å²) in [5.74, 6) is 2.09. The van der Waals surface area contributed by atoms with E-state index in [1.165, 1.54) is 0 Å². The predicted molar refractivity (Wildman–Crippen MR) is 81.8 cm³/mol. The first-order chi connectivity index (χ1) is 9.16. The number of anilines is 2. The molecule has 1 aliphatic rings. The van der Waals surface area contributed by atoms with E-state index >= 15 is 0 Å². The molecule has 1 aromatic rings. The zero-order chi connectivity index (χ0) is 15.0. The Morgan fingerprint density at radius 2 is 2.05 bits per heavy atom. The SMILES string of the molecule is CC1(C)CC(Nc2cc(N)nc(C(C)(C)C)n2)CCO1. The molecule has 1 unspecified atom stereocenters. The highest BCUT2D eigenvalue weighted by molar-refractivity contribution is 5.46. The molecule has 0 bridgehead atoms. The number of nitrogens with two attached hydrogens (primary N) is 1. The van der Waals surface area contributed by atoms with Crippen LogP contribution in [-0.2, 0) is 10.2 Å². The van der Waals surface area contributed by atoms with Gasteiger partial charge in [-0.2, -0.15) is 0 Å². The molecule has 112 valence electrons. The summed E-state index contributed by atoms with van der Waals surface area (Å²) in [7, 11) is 0. The van der Waals surface area contributed by atoms with Crippen molar-refractivity contribution in [3.63, 3.8) is 0 Å². The summed E-state index contributed by atoms with van der Waals surface area (Å²) in [6.07, 6.45) is 1.94. The standard InChI is InChI=1S/C15H26N4O/c1-14(2,3)13-18-11(16)8-12(19-13)17-10-6-7-20-15(4,5)9-10/h8,10H,6-7,9H2,1-5H3,(H3,16,17,18,19). The van der Waals surface area contributed by atoms with E-state index < -0.39 is 0 Å². The third-order valence-electron chi connectivity index (χ3n) is 3.47. The van der Waals surface area contributed by atoms with E-state index in [0.717, 1.165) is 31.1 Å². The van der Waals surface area contributed by atoms with Crippen LogP contribution >= 0.6 is 0 Å². The molecule has 0 aromatic carbocycles. The van der Waals surface area contributed by atoms with Crippen LogP contribution in [0.25, 0.3) is 0 Å². The van der Waals surface area contributed by atoms with Crippen LogP contribution in [0.1, 0.15) is 53.3 Å². The van der Waals surface area contributed by atoms with Crippen LogP contribution in [0.5, 0.6) is 0 Å². The van der Waals surface area contributed by atoms with E-state index in [-0.39, 0.29) is 11.0 Å². The van der Waals surface area contributed by atoms with Gasteiger partial charge >= 0.3 is 0 Å². The Morgan fingerprint density at radius 3 is 2.65 bits per heavy atom. The molecule has 2 heterocycles. The van der Waals surface area contributed by atoms with Crippen molar-refractivity contribution < 1.29 is 4.74 Å². The zero-order valence-corrected chi connectivity index (χ0v) is 13.2. The molecule has 0 saturated carbocycles. The molecule has 2 rings (SSSR count). The van der Waals surface area contributed by atoms with Gasteiger partial charge in [0.05, 0.1) is 5.60 Å². The van der Waals surface area contributed by atoms with Crippen molar-refractivity contribution in [2.75, 3.05) is 17.7 Å². The average molecular weight is 278 g/mol. The first-order valence-corrected chi connectivity index (χ1v) is 7.21. The van der Waals surface area contributed by atoms with Gasteiger partial charge in [-0.25, -0.2) is 9.97 Å². The Kier molecular flexibility index (Phi) is 3.91. The van der Waals surface area contributed by atoms with Crippen molar-refractivity contribution in [1.29, 1.82) is 0 Å². The molecular weight excluding hydrogens is 252 g/mol. The summed E-state index contributed by atoms with van der Waals surface area (Å²) in [6.45, 7) is 11.3. The van der Waals surface area contributed by atoms with E-state index in [4.69, 9.17) is 10.5 Å². The minimum Gasteiger partial charge on any atom is -0.384 e. The highest BCUT2D eigenvalue weighted by Gasteiger charge is 2.29. The molecular formula is C15H26N4O. The number of rotatable bonds is 2. The van der Waals surface area contributed by atoms with E-state index in [9.17, 15) is 0 Å². The van der Waals surface area contributed by atoms with Gasteiger partial charge in [-0.3, -0.25) is 0 Å². The Bertz CT molecular complexity index is 479.